The maximum Gasteiger partial charge on any atom is 0.255 e. The van der Waals surface area contributed by atoms with Gasteiger partial charge in [0, 0.05) is 11.6 Å². The van der Waals surface area contributed by atoms with Gasteiger partial charge in [0.1, 0.15) is 12.4 Å². The van der Waals surface area contributed by atoms with Gasteiger partial charge in [-0.15, -0.1) is 10.2 Å². The second-order valence-corrected chi connectivity index (χ2v) is 5.66. The zero-order chi connectivity index (χ0) is 18.9. The van der Waals surface area contributed by atoms with Crippen molar-refractivity contribution in [2.45, 2.75) is 6.92 Å². The monoisotopic (exact) mass is 363 g/mol. The van der Waals surface area contributed by atoms with Gasteiger partial charge in [0.15, 0.2) is 0 Å². The minimum Gasteiger partial charge on any atom is -0.493 e. The lowest BCUT2D eigenvalue weighted by Crippen LogP contribution is -2.28. The number of aromatic nitrogens is 2. The summed E-state index contributed by atoms with van der Waals surface area (Å²) in [5, 5.41) is 11.0. The van der Waals surface area contributed by atoms with E-state index in [0.717, 1.165) is 11.3 Å². The van der Waals surface area contributed by atoms with Crippen molar-refractivity contribution in [1.29, 1.82) is 0 Å². The summed E-state index contributed by atoms with van der Waals surface area (Å²) in [7, 11) is 0. The SMILES string of the molecule is CCOc1ccccc1C(=O)NCCOc1ccc(-c2ccccc2)nn1. The number of hydrogen-bond acceptors (Lipinski definition) is 5. The highest BCUT2D eigenvalue weighted by molar-refractivity contribution is 5.96. The summed E-state index contributed by atoms with van der Waals surface area (Å²) in [6.07, 6.45) is 0. The molecule has 0 fully saturated rings. The number of carbonyl (C=O) groups is 1. The van der Waals surface area contributed by atoms with E-state index in [1.807, 2.05) is 49.4 Å². The third-order valence-corrected chi connectivity index (χ3v) is 3.78. The molecule has 0 radical (unpaired) electrons. The van der Waals surface area contributed by atoms with Crippen LogP contribution >= 0.6 is 0 Å². The summed E-state index contributed by atoms with van der Waals surface area (Å²) in [6.45, 7) is 3.03. The normalized spacial score (nSPS) is 10.3. The number of nitrogens with zero attached hydrogens (tertiary/aromatic N) is 2. The van der Waals surface area contributed by atoms with E-state index in [9.17, 15) is 4.79 Å². The average Bonchev–Trinajstić information content (AvgIpc) is 2.73. The van der Waals surface area contributed by atoms with Crippen LogP contribution in [0.5, 0.6) is 11.6 Å². The van der Waals surface area contributed by atoms with Gasteiger partial charge in [-0.3, -0.25) is 4.79 Å². The Bertz CT molecular complexity index is 867. The van der Waals surface area contributed by atoms with Crippen LogP contribution in [0, 0.1) is 0 Å². The van der Waals surface area contributed by atoms with Crippen molar-refractivity contribution in [2.24, 2.45) is 0 Å². The van der Waals surface area contributed by atoms with Crippen LogP contribution in [0.3, 0.4) is 0 Å². The van der Waals surface area contributed by atoms with Crippen LogP contribution in [0.1, 0.15) is 17.3 Å². The fourth-order valence-corrected chi connectivity index (χ4v) is 2.51. The van der Waals surface area contributed by atoms with Crippen molar-refractivity contribution in [1.82, 2.24) is 15.5 Å². The van der Waals surface area contributed by atoms with Crippen molar-refractivity contribution in [3.8, 4) is 22.9 Å². The molecule has 1 heterocycles. The molecule has 3 rings (SSSR count). The molecule has 0 aliphatic carbocycles. The Morgan fingerprint density at radius 1 is 0.926 bits per heavy atom. The molecule has 3 aromatic rings. The van der Waals surface area contributed by atoms with Crippen LogP contribution in [0.25, 0.3) is 11.3 Å². The first-order valence-corrected chi connectivity index (χ1v) is 8.80. The van der Waals surface area contributed by atoms with Crippen LogP contribution in [0.4, 0.5) is 0 Å². The molecule has 138 valence electrons. The topological polar surface area (TPSA) is 73.3 Å². The van der Waals surface area contributed by atoms with E-state index in [2.05, 4.69) is 15.5 Å². The van der Waals surface area contributed by atoms with Crippen LogP contribution < -0.4 is 14.8 Å². The Morgan fingerprint density at radius 2 is 1.70 bits per heavy atom. The van der Waals surface area contributed by atoms with Crippen LogP contribution in [0.2, 0.25) is 0 Å². The van der Waals surface area contributed by atoms with E-state index in [4.69, 9.17) is 9.47 Å². The molecule has 1 amide bonds. The molecule has 6 heteroatoms. The number of nitrogens with one attached hydrogen (secondary N) is 1. The molecule has 0 unspecified atom stereocenters. The molecule has 0 saturated carbocycles. The quantitative estimate of drug-likeness (QED) is 0.621. The first-order valence-electron chi connectivity index (χ1n) is 8.80. The summed E-state index contributed by atoms with van der Waals surface area (Å²) < 4.78 is 11.0. The predicted molar refractivity (Wildman–Crippen MR) is 103 cm³/mol. The summed E-state index contributed by atoms with van der Waals surface area (Å²) >= 11 is 0. The van der Waals surface area contributed by atoms with Gasteiger partial charge in [-0.1, -0.05) is 42.5 Å². The molecule has 1 aromatic heterocycles. The maximum atomic E-state index is 12.3. The smallest absolute Gasteiger partial charge is 0.255 e. The molecule has 1 N–H and O–H groups in total. The van der Waals surface area contributed by atoms with Crippen molar-refractivity contribution in [3.63, 3.8) is 0 Å². The Labute approximate surface area is 158 Å². The Balaban J connectivity index is 1.48. The lowest BCUT2D eigenvalue weighted by atomic mass is 10.1. The Morgan fingerprint density at radius 3 is 2.44 bits per heavy atom. The minimum atomic E-state index is -0.201. The van der Waals surface area contributed by atoms with Crippen molar-refractivity contribution in [2.75, 3.05) is 19.8 Å². The number of hydrogen-bond donors (Lipinski definition) is 1. The predicted octanol–water partition coefficient (Wildman–Crippen LogP) is 3.35. The fourth-order valence-electron chi connectivity index (χ4n) is 2.51. The lowest BCUT2D eigenvalue weighted by Gasteiger charge is -2.10. The van der Waals surface area contributed by atoms with Gasteiger partial charge in [-0.05, 0) is 25.1 Å². The number of carbonyl (C=O) groups excluding carboxylic acids is 1. The third-order valence-electron chi connectivity index (χ3n) is 3.78. The molecule has 0 aliphatic heterocycles. The van der Waals surface area contributed by atoms with Crippen LogP contribution in [0.15, 0.2) is 66.7 Å². The summed E-state index contributed by atoms with van der Waals surface area (Å²) in [4.78, 5) is 12.3. The van der Waals surface area contributed by atoms with E-state index in [-0.39, 0.29) is 5.91 Å². The maximum absolute atomic E-state index is 12.3. The number of ether oxygens (including phenoxy) is 2. The first kappa shape index (κ1) is 18.4. The summed E-state index contributed by atoms with van der Waals surface area (Å²) in [5.41, 5.74) is 2.28. The second-order valence-electron chi connectivity index (χ2n) is 5.66. The summed E-state index contributed by atoms with van der Waals surface area (Å²) in [5.74, 6) is 0.785. The van der Waals surface area contributed by atoms with Gasteiger partial charge in [0.2, 0.25) is 5.88 Å². The first-order chi connectivity index (χ1) is 13.3. The van der Waals surface area contributed by atoms with Gasteiger partial charge >= 0.3 is 0 Å². The van der Waals surface area contributed by atoms with E-state index in [1.54, 1.807) is 24.3 Å². The van der Waals surface area contributed by atoms with Gasteiger partial charge < -0.3 is 14.8 Å². The highest BCUT2D eigenvalue weighted by Crippen LogP contribution is 2.18. The van der Waals surface area contributed by atoms with Crippen molar-refractivity contribution < 1.29 is 14.3 Å². The molecule has 0 aliphatic rings. The van der Waals surface area contributed by atoms with Gasteiger partial charge in [0.25, 0.3) is 5.91 Å². The second kappa shape index (κ2) is 9.33. The summed E-state index contributed by atoms with van der Waals surface area (Å²) in [6, 6.07) is 20.6. The molecule has 0 spiro atoms. The lowest BCUT2D eigenvalue weighted by molar-refractivity contribution is 0.0942. The van der Waals surface area contributed by atoms with E-state index in [0.29, 0.717) is 37.0 Å². The molecule has 0 bridgehead atoms. The zero-order valence-electron chi connectivity index (χ0n) is 15.1. The van der Waals surface area contributed by atoms with E-state index < -0.39 is 0 Å². The van der Waals surface area contributed by atoms with E-state index >= 15 is 0 Å². The van der Waals surface area contributed by atoms with E-state index in [1.165, 1.54) is 0 Å². The van der Waals surface area contributed by atoms with Crippen molar-refractivity contribution in [3.05, 3.63) is 72.3 Å². The Hall–Kier alpha value is -3.41. The number of benzene rings is 2. The molecule has 6 nitrogen and oxygen atoms in total. The highest BCUT2D eigenvalue weighted by atomic mass is 16.5. The van der Waals surface area contributed by atoms with Gasteiger partial charge in [0.05, 0.1) is 24.4 Å². The molecular formula is C21H21N3O3. The molecular weight excluding hydrogens is 342 g/mol. The Kier molecular flexibility index (Phi) is 6.35. The van der Waals surface area contributed by atoms with Crippen LogP contribution in [-0.2, 0) is 0 Å². The third kappa shape index (κ3) is 5.04. The average molecular weight is 363 g/mol. The molecule has 2 aromatic carbocycles. The molecule has 27 heavy (non-hydrogen) atoms. The molecule has 0 saturated heterocycles. The fraction of sp³-hybridized carbons (Fsp3) is 0.190. The number of para-hydroxylation sites is 1. The standard InChI is InChI=1S/C21H21N3O3/c1-2-26-19-11-7-6-10-17(19)21(25)22-14-15-27-20-13-12-18(23-24-20)16-8-4-3-5-9-16/h3-13H,2,14-15H2,1H3,(H,22,25). The number of amides is 1. The van der Waals surface area contributed by atoms with Crippen LogP contribution in [-0.4, -0.2) is 35.9 Å². The highest BCUT2D eigenvalue weighted by Gasteiger charge is 2.11. The van der Waals surface area contributed by atoms with Gasteiger partial charge in [-0.2, -0.15) is 0 Å². The van der Waals surface area contributed by atoms with Crippen molar-refractivity contribution >= 4 is 5.91 Å². The largest absolute Gasteiger partial charge is 0.493 e. The minimum absolute atomic E-state index is 0.201. The number of rotatable bonds is 8. The zero-order valence-corrected chi connectivity index (χ0v) is 15.1. The van der Waals surface area contributed by atoms with Gasteiger partial charge in [-0.25, -0.2) is 0 Å². The molecule has 0 atom stereocenters.